The van der Waals surface area contributed by atoms with Crippen LogP contribution >= 0.6 is 0 Å². The molecule has 1 N–H and O–H groups in total. The van der Waals surface area contributed by atoms with E-state index in [4.69, 9.17) is 0 Å². The summed E-state index contributed by atoms with van der Waals surface area (Å²) in [6.07, 6.45) is 7.48. The molecule has 1 aliphatic heterocycles. The van der Waals surface area contributed by atoms with E-state index in [2.05, 4.69) is 17.2 Å². The Morgan fingerprint density at radius 3 is 3.12 bits per heavy atom. The van der Waals surface area contributed by atoms with Gasteiger partial charge in [0.15, 0.2) is 5.78 Å². The minimum atomic E-state index is 0.194. The van der Waals surface area contributed by atoms with Crippen LogP contribution in [-0.2, 0) is 0 Å². The number of hydrogen-bond acceptors (Lipinski definition) is 3. The predicted octanol–water partition coefficient (Wildman–Crippen LogP) is 2.19. The Labute approximate surface area is 96.3 Å². The smallest absolute Gasteiger partial charge is 0.165 e. The zero-order chi connectivity index (χ0) is 11.4. The Hall–Kier alpha value is -1.22. The van der Waals surface area contributed by atoms with Crippen molar-refractivity contribution in [2.24, 2.45) is 0 Å². The molecular weight excluding hydrogens is 200 g/mol. The molecule has 0 aromatic carbocycles. The summed E-state index contributed by atoms with van der Waals surface area (Å²) in [6.45, 7) is 2.18. The van der Waals surface area contributed by atoms with Crippen LogP contribution in [0.5, 0.6) is 0 Å². The molecule has 2 atom stereocenters. The number of hydrogen-bond donors (Lipinski definition) is 1. The standard InChI is InChI=1S/C13H18N2O/c1-10-4-2-6-12(15-10)8-13(16)11-5-3-7-14-9-11/h3,5,7,9-10,12,15H,2,4,6,8H2,1H3. The fraction of sp³-hybridized carbons (Fsp3) is 0.538. The minimum Gasteiger partial charge on any atom is -0.311 e. The van der Waals surface area contributed by atoms with Crippen LogP contribution in [-0.4, -0.2) is 22.9 Å². The highest BCUT2D eigenvalue weighted by Gasteiger charge is 2.20. The summed E-state index contributed by atoms with van der Waals surface area (Å²) in [6, 6.07) is 4.53. The van der Waals surface area contributed by atoms with E-state index in [9.17, 15) is 4.79 Å². The van der Waals surface area contributed by atoms with Gasteiger partial charge in [-0.25, -0.2) is 0 Å². The van der Waals surface area contributed by atoms with E-state index in [1.165, 1.54) is 12.8 Å². The maximum absolute atomic E-state index is 11.9. The van der Waals surface area contributed by atoms with E-state index in [-0.39, 0.29) is 5.78 Å². The largest absolute Gasteiger partial charge is 0.311 e. The second-order valence-corrected chi connectivity index (χ2v) is 4.56. The maximum atomic E-state index is 11.9. The third kappa shape index (κ3) is 2.89. The van der Waals surface area contributed by atoms with Gasteiger partial charge < -0.3 is 5.32 Å². The van der Waals surface area contributed by atoms with Gasteiger partial charge in [0, 0.05) is 36.5 Å². The van der Waals surface area contributed by atoms with Crippen LogP contribution in [0.1, 0.15) is 43.0 Å². The first-order valence-corrected chi connectivity index (χ1v) is 5.95. The van der Waals surface area contributed by atoms with Crippen LogP contribution in [0.2, 0.25) is 0 Å². The van der Waals surface area contributed by atoms with Crippen molar-refractivity contribution in [3.63, 3.8) is 0 Å². The summed E-state index contributed by atoms with van der Waals surface area (Å²) in [5, 5.41) is 3.48. The van der Waals surface area contributed by atoms with Gasteiger partial charge in [-0.3, -0.25) is 9.78 Å². The van der Waals surface area contributed by atoms with Crippen LogP contribution < -0.4 is 5.32 Å². The van der Waals surface area contributed by atoms with E-state index >= 15 is 0 Å². The normalized spacial score (nSPS) is 25.3. The molecule has 2 rings (SSSR count). The molecule has 16 heavy (non-hydrogen) atoms. The Bertz CT molecular complexity index is 350. The van der Waals surface area contributed by atoms with Crippen molar-refractivity contribution >= 4 is 5.78 Å². The molecule has 3 nitrogen and oxygen atoms in total. The second kappa shape index (κ2) is 5.21. The lowest BCUT2D eigenvalue weighted by molar-refractivity contribution is 0.0959. The monoisotopic (exact) mass is 218 g/mol. The first-order chi connectivity index (χ1) is 7.75. The highest BCUT2D eigenvalue weighted by atomic mass is 16.1. The molecule has 2 unspecified atom stereocenters. The number of rotatable bonds is 3. The molecule has 0 saturated carbocycles. The Morgan fingerprint density at radius 1 is 1.56 bits per heavy atom. The Morgan fingerprint density at radius 2 is 2.44 bits per heavy atom. The maximum Gasteiger partial charge on any atom is 0.165 e. The average Bonchev–Trinajstić information content (AvgIpc) is 2.30. The van der Waals surface area contributed by atoms with Crippen molar-refractivity contribution in [2.45, 2.75) is 44.7 Å². The number of Topliss-reactive ketones (excluding diaryl/α,β-unsaturated/α-hetero) is 1. The van der Waals surface area contributed by atoms with Crippen molar-refractivity contribution in [3.05, 3.63) is 30.1 Å². The second-order valence-electron chi connectivity index (χ2n) is 4.56. The predicted molar refractivity (Wildman–Crippen MR) is 63.4 cm³/mol. The van der Waals surface area contributed by atoms with E-state index < -0.39 is 0 Å². The molecule has 3 heteroatoms. The third-order valence-electron chi connectivity index (χ3n) is 3.13. The van der Waals surface area contributed by atoms with Crippen LogP contribution in [0, 0.1) is 0 Å². The molecule has 86 valence electrons. The lowest BCUT2D eigenvalue weighted by Gasteiger charge is -2.28. The number of nitrogens with one attached hydrogen (secondary N) is 1. The summed E-state index contributed by atoms with van der Waals surface area (Å²) in [7, 11) is 0. The SMILES string of the molecule is CC1CCCC(CC(=O)c2cccnc2)N1. The Balaban J connectivity index is 1.92. The van der Waals surface area contributed by atoms with Crippen molar-refractivity contribution in [3.8, 4) is 0 Å². The third-order valence-corrected chi connectivity index (χ3v) is 3.13. The number of pyridine rings is 1. The highest BCUT2D eigenvalue weighted by molar-refractivity contribution is 5.96. The molecule has 0 radical (unpaired) electrons. The lowest BCUT2D eigenvalue weighted by Crippen LogP contribution is -2.41. The fourth-order valence-electron chi connectivity index (χ4n) is 2.27. The van der Waals surface area contributed by atoms with Gasteiger partial charge in [-0.05, 0) is 31.9 Å². The molecule has 1 fully saturated rings. The van der Waals surface area contributed by atoms with Crippen molar-refractivity contribution in [1.82, 2.24) is 10.3 Å². The van der Waals surface area contributed by atoms with Crippen LogP contribution in [0.4, 0.5) is 0 Å². The van der Waals surface area contributed by atoms with Crippen molar-refractivity contribution in [2.75, 3.05) is 0 Å². The van der Waals surface area contributed by atoms with Gasteiger partial charge in [0.1, 0.15) is 0 Å². The zero-order valence-corrected chi connectivity index (χ0v) is 9.65. The van der Waals surface area contributed by atoms with E-state index in [0.717, 1.165) is 12.0 Å². The van der Waals surface area contributed by atoms with Gasteiger partial charge in [-0.15, -0.1) is 0 Å². The number of nitrogens with zero attached hydrogens (tertiary/aromatic N) is 1. The van der Waals surface area contributed by atoms with E-state index in [1.54, 1.807) is 12.4 Å². The fourth-order valence-corrected chi connectivity index (χ4v) is 2.27. The van der Waals surface area contributed by atoms with Crippen LogP contribution in [0.15, 0.2) is 24.5 Å². The van der Waals surface area contributed by atoms with E-state index in [0.29, 0.717) is 18.5 Å². The van der Waals surface area contributed by atoms with Gasteiger partial charge in [-0.2, -0.15) is 0 Å². The first-order valence-electron chi connectivity index (χ1n) is 5.95. The molecule has 1 aliphatic rings. The lowest BCUT2D eigenvalue weighted by atomic mass is 9.94. The molecule has 0 amide bonds. The van der Waals surface area contributed by atoms with E-state index in [1.807, 2.05) is 12.1 Å². The molecule has 0 aliphatic carbocycles. The quantitative estimate of drug-likeness (QED) is 0.791. The summed E-state index contributed by atoms with van der Waals surface area (Å²) in [5.41, 5.74) is 0.725. The molecule has 2 heterocycles. The van der Waals surface area contributed by atoms with Crippen molar-refractivity contribution < 1.29 is 4.79 Å². The average molecular weight is 218 g/mol. The van der Waals surface area contributed by atoms with Gasteiger partial charge in [0.05, 0.1) is 0 Å². The molecule has 0 spiro atoms. The number of ketones is 1. The Kier molecular flexibility index (Phi) is 3.67. The minimum absolute atomic E-state index is 0.194. The number of piperidine rings is 1. The summed E-state index contributed by atoms with van der Waals surface area (Å²) < 4.78 is 0. The molecule has 0 bridgehead atoms. The summed E-state index contributed by atoms with van der Waals surface area (Å²) >= 11 is 0. The van der Waals surface area contributed by atoms with Crippen LogP contribution in [0.3, 0.4) is 0 Å². The molecule has 1 aromatic heterocycles. The number of carbonyl (C=O) groups excluding carboxylic acids is 1. The summed E-state index contributed by atoms with van der Waals surface area (Å²) in [4.78, 5) is 15.9. The zero-order valence-electron chi connectivity index (χ0n) is 9.65. The highest BCUT2D eigenvalue weighted by Crippen LogP contribution is 2.16. The van der Waals surface area contributed by atoms with Crippen LogP contribution in [0.25, 0.3) is 0 Å². The molecule has 1 aromatic rings. The topological polar surface area (TPSA) is 42.0 Å². The van der Waals surface area contributed by atoms with Gasteiger partial charge in [0.2, 0.25) is 0 Å². The summed E-state index contributed by atoms with van der Waals surface area (Å²) in [5.74, 6) is 0.194. The molecule has 1 saturated heterocycles. The van der Waals surface area contributed by atoms with Gasteiger partial charge >= 0.3 is 0 Å². The number of carbonyl (C=O) groups is 1. The number of aromatic nitrogens is 1. The van der Waals surface area contributed by atoms with Crippen molar-refractivity contribution in [1.29, 1.82) is 0 Å². The first kappa shape index (κ1) is 11.3. The van der Waals surface area contributed by atoms with Gasteiger partial charge in [-0.1, -0.05) is 6.42 Å². The molecular formula is C13H18N2O. The van der Waals surface area contributed by atoms with Gasteiger partial charge in [0.25, 0.3) is 0 Å².